The van der Waals surface area contributed by atoms with Gasteiger partial charge in [-0.1, -0.05) is 11.6 Å². The van der Waals surface area contributed by atoms with Crippen molar-refractivity contribution in [1.29, 1.82) is 0 Å². The Bertz CT molecular complexity index is 965. The molecule has 7 nitrogen and oxygen atoms in total. The van der Waals surface area contributed by atoms with E-state index in [4.69, 9.17) is 11.6 Å². The minimum Gasteiger partial charge on any atom is -0.347 e. The molecule has 0 aliphatic carbocycles. The predicted octanol–water partition coefficient (Wildman–Crippen LogP) is 5.51. The molecule has 0 radical (unpaired) electrons. The van der Waals surface area contributed by atoms with Crippen LogP contribution in [0, 0.1) is 38.8 Å². The molecule has 0 fully saturated rings. The van der Waals surface area contributed by atoms with Gasteiger partial charge in [0.2, 0.25) is 0 Å². The fourth-order valence-electron chi connectivity index (χ4n) is 2.21. The summed E-state index contributed by atoms with van der Waals surface area (Å²) in [6.45, 7) is 1.07. The van der Waals surface area contributed by atoms with Gasteiger partial charge in [-0.2, -0.15) is 13.2 Å². The van der Waals surface area contributed by atoms with Crippen molar-refractivity contribution in [3.05, 3.63) is 66.2 Å². The number of nitrogens with zero attached hydrogens (tertiary/aromatic N) is 2. The SMILES string of the molecule is Cc1c(Cl)c(F)cc(F)c1Nc1c([N+](=O)[O-])cc([N+](=O)[O-])cc1C(F)(F)F. The van der Waals surface area contributed by atoms with Crippen LogP contribution in [-0.2, 0) is 6.18 Å². The van der Waals surface area contributed by atoms with Gasteiger partial charge in [-0.15, -0.1) is 0 Å². The third-order valence-corrected chi connectivity index (χ3v) is 3.94. The number of nitro groups is 2. The Balaban J connectivity index is 2.82. The molecule has 0 saturated carbocycles. The van der Waals surface area contributed by atoms with Gasteiger partial charge < -0.3 is 5.32 Å². The Hall–Kier alpha value is -3.02. The summed E-state index contributed by atoms with van der Waals surface area (Å²) in [5.74, 6) is -2.55. The standard InChI is InChI=1S/C14H7ClF5N3O4/c1-5-11(15)8(16)4-9(17)12(5)21-13-7(14(18,19)20)2-6(22(24)25)3-10(13)23(26)27/h2-4,21H,1H3. The van der Waals surface area contributed by atoms with Crippen molar-refractivity contribution in [2.75, 3.05) is 5.32 Å². The highest BCUT2D eigenvalue weighted by atomic mass is 35.5. The monoisotopic (exact) mass is 411 g/mol. The molecule has 144 valence electrons. The molecule has 0 saturated heterocycles. The van der Waals surface area contributed by atoms with E-state index in [1.807, 2.05) is 5.32 Å². The van der Waals surface area contributed by atoms with Crippen molar-refractivity contribution in [1.82, 2.24) is 0 Å². The van der Waals surface area contributed by atoms with E-state index >= 15 is 0 Å². The maximum atomic E-state index is 14.0. The second-order valence-electron chi connectivity index (χ2n) is 5.18. The quantitative estimate of drug-likeness (QED) is 0.310. The number of non-ortho nitro benzene ring substituents is 1. The number of nitrogens with one attached hydrogen (secondary N) is 1. The van der Waals surface area contributed by atoms with Crippen LogP contribution in [0.1, 0.15) is 11.1 Å². The van der Waals surface area contributed by atoms with Crippen LogP contribution < -0.4 is 5.32 Å². The largest absolute Gasteiger partial charge is 0.418 e. The number of nitro benzene ring substituents is 2. The van der Waals surface area contributed by atoms with Gasteiger partial charge in [0.15, 0.2) is 0 Å². The molecular weight excluding hydrogens is 405 g/mol. The summed E-state index contributed by atoms with van der Waals surface area (Å²) in [5, 5.41) is 23.2. The molecule has 2 aromatic rings. The lowest BCUT2D eigenvalue weighted by molar-refractivity contribution is -0.394. The maximum Gasteiger partial charge on any atom is 0.418 e. The molecule has 0 amide bonds. The number of benzene rings is 2. The van der Waals surface area contributed by atoms with Crippen molar-refractivity contribution in [3.8, 4) is 0 Å². The molecule has 0 heterocycles. The number of anilines is 2. The van der Waals surface area contributed by atoms with E-state index in [0.29, 0.717) is 0 Å². The molecule has 0 aromatic heterocycles. The number of hydrogen-bond acceptors (Lipinski definition) is 5. The van der Waals surface area contributed by atoms with Crippen molar-refractivity contribution in [2.45, 2.75) is 13.1 Å². The molecule has 0 bridgehead atoms. The fourth-order valence-corrected chi connectivity index (χ4v) is 2.36. The first-order chi connectivity index (χ1) is 12.3. The summed E-state index contributed by atoms with van der Waals surface area (Å²) in [5.41, 5.74) is -6.63. The van der Waals surface area contributed by atoms with Gasteiger partial charge in [0.1, 0.15) is 17.3 Å². The van der Waals surface area contributed by atoms with E-state index in [1.54, 1.807) is 0 Å². The predicted molar refractivity (Wildman–Crippen MR) is 84.1 cm³/mol. The Morgan fingerprint density at radius 3 is 2.07 bits per heavy atom. The lowest BCUT2D eigenvalue weighted by atomic mass is 10.1. The molecule has 27 heavy (non-hydrogen) atoms. The van der Waals surface area contributed by atoms with Crippen LogP contribution in [0.25, 0.3) is 0 Å². The zero-order valence-electron chi connectivity index (χ0n) is 13.0. The molecule has 13 heteroatoms. The van der Waals surface area contributed by atoms with Crippen LogP contribution in [0.2, 0.25) is 5.02 Å². The highest BCUT2D eigenvalue weighted by molar-refractivity contribution is 6.31. The summed E-state index contributed by atoms with van der Waals surface area (Å²) in [4.78, 5) is 19.4. The summed E-state index contributed by atoms with van der Waals surface area (Å²) in [7, 11) is 0. The first-order valence-corrected chi connectivity index (χ1v) is 7.17. The molecule has 0 unspecified atom stereocenters. The summed E-state index contributed by atoms with van der Waals surface area (Å²) in [6, 6.07) is 0.631. The average Bonchev–Trinajstić information content (AvgIpc) is 2.55. The number of hydrogen-bond donors (Lipinski definition) is 1. The first-order valence-electron chi connectivity index (χ1n) is 6.79. The van der Waals surface area contributed by atoms with Crippen LogP contribution >= 0.6 is 11.6 Å². The lowest BCUT2D eigenvalue weighted by Crippen LogP contribution is -2.13. The van der Waals surface area contributed by atoms with Crippen LogP contribution in [0.3, 0.4) is 0 Å². The van der Waals surface area contributed by atoms with Crippen molar-refractivity contribution < 1.29 is 31.8 Å². The Labute approximate surface area is 151 Å². The van der Waals surface area contributed by atoms with Gasteiger partial charge in [-0.25, -0.2) is 8.78 Å². The molecule has 0 spiro atoms. The molecule has 0 atom stereocenters. The summed E-state index contributed by atoms with van der Waals surface area (Å²) < 4.78 is 67.4. The molecule has 0 aliphatic heterocycles. The van der Waals surface area contributed by atoms with Gasteiger partial charge in [0.05, 0.1) is 32.2 Å². The molecule has 2 rings (SSSR count). The second kappa shape index (κ2) is 6.95. The summed E-state index contributed by atoms with van der Waals surface area (Å²) >= 11 is 5.59. The van der Waals surface area contributed by atoms with E-state index in [1.165, 1.54) is 0 Å². The van der Waals surface area contributed by atoms with E-state index < -0.39 is 61.0 Å². The van der Waals surface area contributed by atoms with Crippen molar-refractivity contribution >= 4 is 34.4 Å². The van der Waals surface area contributed by atoms with Crippen molar-refractivity contribution in [3.63, 3.8) is 0 Å². The van der Waals surface area contributed by atoms with E-state index in [0.717, 1.165) is 6.92 Å². The number of rotatable bonds is 4. The Kier molecular flexibility index (Phi) is 5.22. The third kappa shape index (κ3) is 3.89. The molecule has 2 aromatic carbocycles. The zero-order chi connectivity index (χ0) is 20.7. The smallest absolute Gasteiger partial charge is 0.347 e. The molecule has 1 N–H and O–H groups in total. The van der Waals surface area contributed by atoms with E-state index in [9.17, 15) is 42.2 Å². The number of alkyl halides is 3. The third-order valence-electron chi connectivity index (χ3n) is 3.47. The minimum atomic E-state index is -5.26. The molecule has 0 aliphatic rings. The van der Waals surface area contributed by atoms with Gasteiger partial charge in [-0.3, -0.25) is 20.2 Å². The first kappa shape index (κ1) is 20.3. The highest BCUT2D eigenvalue weighted by Gasteiger charge is 2.40. The van der Waals surface area contributed by atoms with Gasteiger partial charge in [-0.05, 0) is 12.5 Å². The van der Waals surface area contributed by atoms with E-state index in [2.05, 4.69) is 0 Å². The highest BCUT2D eigenvalue weighted by Crippen LogP contribution is 2.44. The average molecular weight is 412 g/mol. The van der Waals surface area contributed by atoms with Gasteiger partial charge >= 0.3 is 6.18 Å². The van der Waals surface area contributed by atoms with Gasteiger partial charge in [0, 0.05) is 12.1 Å². The second-order valence-corrected chi connectivity index (χ2v) is 5.56. The number of halogens is 6. The fraction of sp³-hybridized carbons (Fsp3) is 0.143. The Morgan fingerprint density at radius 1 is 1.00 bits per heavy atom. The van der Waals surface area contributed by atoms with Crippen LogP contribution in [-0.4, -0.2) is 9.85 Å². The topological polar surface area (TPSA) is 98.3 Å². The zero-order valence-corrected chi connectivity index (χ0v) is 13.8. The summed E-state index contributed by atoms with van der Waals surface area (Å²) in [6.07, 6.45) is -5.26. The van der Waals surface area contributed by atoms with Crippen molar-refractivity contribution in [2.24, 2.45) is 0 Å². The van der Waals surface area contributed by atoms with Gasteiger partial charge in [0.25, 0.3) is 11.4 Å². The Morgan fingerprint density at radius 2 is 1.59 bits per heavy atom. The van der Waals surface area contributed by atoms with E-state index in [-0.39, 0.29) is 23.8 Å². The minimum absolute atomic E-state index is 0.0632. The normalized spacial score (nSPS) is 11.4. The van der Waals surface area contributed by atoms with Crippen LogP contribution in [0.15, 0.2) is 18.2 Å². The van der Waals surface area contributed by atoms with Crippen LogP contribution in [0.4, 0.5) is 44.7 Å². The maximum absolute atomic E-state index is 14.0. The molecular formula is C14H7ClF5N3O4. The van der Waals surface area contributed by atoms with Crippen LogP contribution in [0.5, 0.6) is 0 Å². The lowest BCUT2D eigenvalue weighted by Gasteiger charge is -2.17.